The van der Waals surface area contributed by atoms with Crippen molar-refractivity contribution in [2.24, 2.45) is 0 Å². The quantitative estimate of drug-likeness (QED) is 0.391. The molecule has 2 aromatic heterocycles. The fraction of sp³-hybridized carbons (Fsp3) is 0.250. The van der Waals surface area contributed by atoms with Crippen LogP contribution in [0.5, 0.6) is 0 Å². The van der Waals surface area contributed by atoms with E-state index in [1.165, 1.54) is 5.56 Å². The topological polar surface area (TPSA) is 86.1 Å². The summed E-state index contributed by atoms with van der Waals surface area (Å²) in [4.78, 5) is 16.8. The molecule has 0 radical (unpaired) electrons. The molecule has 31 heavy (non-hydrogen) atoms. The summed E-state index contributed by atoms with van der Waals surface area (Å²) in [5, 5.41) is 4.44. The van der Waals surface area contributed by atoms with E-state index in [4.69, 9.17) is 10.7 Å². The number of aromatic amines is 1. The Labute approximate surface area is 182 Å². The Kier molecular flexibility index (Phi) is 5.77. The lowest BCUT2D eigenvalue weighted by molar-refractivity contribution is 0.416. The van der Waals surface area contributed by atoms with E-state index < -0.39 is 0 Å². The molecular weight excluding hydrogens is 386 g/mol. The standard InChI is InChI=1S/C24H29N7/c1-16-6-5-7-18-19(15-27-23(16)18)21-10-11-26-24(29-21)28-17-8-9-22(20(25)14-17)31(4)13-12-30(2)3/h5-11,14-15,27H,12-13,25H2,1-4H3,(H,26,28,29). The zero-order chi connectivity index (χ0) is 22.0. The van der Waals surface area contributed by atoms with E-state index in [1.54, 1.807) is 6.20 Å². The zero-order valence-electron chi connectivity index (χ0n) is 18.5. The second kappa shape index (κ2) is 8.65. The van der Waals surface area contributed by atoms with Crippen molar-refractivity contribution in [3.63, 3.8) is 0 Å². The van der Waals surface area contributed by atoms with E-state index in [0.717, 1.165) is 52.3 Å². The summed E-state index contributed by atoms with van der Waals surface area (Å²) in [6, 6.07) is 14.1. The van der Waals surface area contributed by atoms with Crippen molar-refractivity contribution in [1.29, 1.82) is 0 Å². The van der Waals surface area contributed by atoms with E-state index in [0.29, 0.717) is 5.95 Å². The number of nitrogen functional groups attached to an aromatic ring is 1. The number of benzene rings is 2. The van der Waals surface area contributed by atoms with Crippen molar-refractivity contribution < 1.29 is 0 Å². The molecule has 0 saturated heterocycles. The van der Waals surface area contributed by atoms with Crippen molar-refractivity contribution in [3.05, 3.63) is 60.4 Å². The van der Waals surface area contributed by atoms with Gasteiger partial charge in [-0.15, -0.1) is 0 Å². The molecule has 4 N–H and O–H groups in total. The van der Waals surface area contributed by atoms with Gasteiger partial charge in [-0.05, 0) is 50.8 Å². The van der Waals surface area contributed by atoms with E-state index in [2.05, 4.69) is 71.4 Å². The minimum Gasteiger partial charge on any atom is -0.397 e. The number of aromatic nitrogens is 3. The number of anilines is 4. The minimum atomic E-state index is 0.535. The summed E-state index contributed by atoms with van der Waals surface area (Å²) in [6.07, 6.45) is 3.77. The Balaban J connectivity index is 1.55. The molecule has 0 saturated carbocycles. The number of H-pyrrole nitrogens is 1. The first-order valence-corrected chi connectivity index (χ1v) is 10.3. The number of fused-ring (bicyclic) bond motifs is 1. The van der Waals surface area contributed by atoms with Crippen molar-refractivity contribution in [1.82, 2.24) is 19.9 Å². The summed E-state index contributed by atoms with van der Waals surface area (Å²) in [5.41, 5.74) is 13.2. The molecule has 2 aromatic carbocycles. The Morgan fingerprint density at radius 3 is 2.68 bits per heavy atom. The van der Waals surface area contributed by atoms with Crippen LogP contribution >= 0.6 is 0 Å². The van der Waals surface area contributed by atoms with Gasteiger partial charge in [0.1, 0.15) is 0 Å². The molecule has 160 valence electrons. The molecule has 7 heteroatoms. The maximum Gasteiger partial charge on any atom is 0.227 e. The van der Waals surface area contributed by atoms with Crippen LogP contribution in [0.25, 0.3) is 22.2 Å². The predicted molar refractivity (Wildman–Crippen MR) is 130 cm³/mol. The van der Waals surface area contributed by atoms with Gasteiger partial charge in [0.15, 0.2) is 0 Å². The van der Waals surface area contributed by atoms with Gasteiger partial charge in [0, 0.05) is 54.7 Å². The van der Waals surface area contributed by atoms with E-state index >= 15 is 0 Å². The van der Waals surface area contributed by atoms with E-state index in [9.17, 15) is 0 Å². The Morgan fingerprint density at radius 2 is 1.90 bits per heavy atom. The van der Waals surface area contributed by atoms with Gasteiger partial charge in [-0.1, -0.05) is 18.2 Å². The minimum absolute atomic E-state index is 0.535. The number of hydrogen-bond acceptors (Lipinski definition) is 6. The molecule has 0 fully saturated rings. The molecule has 2 heterocycles. The molecule has 0 aliphatic heterocycles. The van der Waals surface area contributed by atoms with Gasteiger partial charge in [0.25, 0.3) is 0 Å². The molecule has 7 nitrogen and oxygen atoms in total. The van der Waals surface area contributed by atoms with Gasteiger partial charge < -0.3 is 25.8 Å². The Morgan fingerprint density at radius 1 is 1.06 bits per heavy atom. The molecule has 0 amide bonds. The lowest BCUT2D eigenvalue weighted by atomic mass is 10.1. The lowest BCUT2D eigenvalue weighted by Gasteiger charge is -2.23. The van der Waals surface area contributed by atoms with Crippen LogP contribution < -0.4 is 16.0 Å². The summed E-state index contributed by atoms with van der Waals surface area (Å²) in [7, 11) is 6.18. The molecule has 0 spiro atoms. The Hall–Kier alpha value is -3.58. The molecule has 4 rings (SSSR count). The smallest absolute Gasteiger partial charge is 0.227 e. The number of nitrogens with one attached hydrogen (secondary N) is 2. The van der Waals surface area contributed by atoms with Gasteiger partial charge in [-0.3, -0.25) is 0 Å². The fourth-order valence-corrected chi connectivity index (χ4v) is 3.67. The maximum atomic E-state index is 6.33. The first-order chi connectivity index (χ1) is 14.9. The van der Waals surface area contributed by atoms with Crippen molar-refractivity contribution >= 4 is 33.9 Å². The van der Waals surface area contributed by atoms with Crippen LogP contribution in [0.2, 0.25) is 0 Å². The summed E-state index contributed by atoms with van der Waals surface area (Å²) in [5.74, 6) is 0.535. The summed E-state index contributed by atoms with van der Waals surface area (Å²) >= 11 is 0. The van der Waals surface area contributed by atoms with E-state index in [-0.39, 0.29) is 0 Å². The largest absolute Gasteiger partial charge is 0.397 e. The third kappa shape index (κ3) is 4.46. The molecule has 4 aromatic rings. The van der Waals surface area contributed by atoms with Crippen LogP contribution in [0.1, 0.15) is 5.56 Å². The number of para-hydroxylation sites is 1. The fourth-order valence-electron chi connectivity index (χ4n) is 3.67. The van der Waals surface area contributed by atoms with Gasteiger partial charge in [-0.2, -0.15) is 0 Å². The highest BCUT2D eigenvalue weighted by atomic mass is 15.2. The van der Waals surface area contributed by atoms with Crippen molar-refractivity contribution in [3.8, 4) is 11.3 Å². The van der Waals surface area contributed by atoms with Gasteiger partial charge >= 0.3 is 0 Å². The third-order valence-corrected chi connectivity index (χ3v) is 5.43. The molecule has 0 aliphatic rings. The predicted octanol–water partition coefficient (Wildman–Crippen LogP) is 4.26. The number of rotatable bonds is 7. The molecule has 0 bridgehead atoms. The molecule has 0 aliphatic carbocycles. The van der Waals surface area contributed by atoms with Crippen LogP contribution in [0.4, 0.5) is 23.0 Å². The zero-order valence-corrected chi connectivity index (χ0v) is 18.5. The number of likely N-dealkylation sites (N-methyl/N-ethyl adjacent to an activating group) is 2. The lowest BCUT2D eigenvalue weighted by Crippen LogP contribution is -2.28. The molecule has 0 unspecified atom stereocenters. The van der Waals surface area contributed by atoms with Crippen molar-refractivity contribution in [2.75, 3.05) is 50.2 Å². The van der Waals surface area contributed by atoms with Crippen LogP contribution in [0.3, 0.4) is 0 Å². The normalized spacial score (nSPS) is 11.3. The second-order valence-electron chi connectivity index (χ2n) is 8.09. The highest BCUT2D eigenvalue weighted by Crippen LogP contribution is 2.30. The molecular formula is C24H29N7. The average Bonchev–Trinajstić information content (AvgIpc) is 3.18. The monoisotopic (exact) mass is 415 g/mol. The third-order valence-electron chi connectivity index (χ3n) is 5.43. The number of nitrogens with two attached hydrogens (primary N) is 1. The van der Waals surface area contributed by atoms with Gasteiger partial charge in [0.05, 0.1) is 17.1 Å². The number of hydrogen-bond donors (Lipinski definition) is 3. The maximum absolute atomic E-state index is 6.33. The van der Waals surface area contributed by atoms with Crippen LogP contribution in [0.15, 0.2) is 54.9 Å². The van der Waals surface area contributed by atoms with E-state index in [1.807, 2.05) is 30.5 Å². The van der Waals surface area contributed by atoms with Crippen molar-refractivity contribution in [2.45, 2.75) is 6.92 Å². The number of nitrogens with zero attached hydrogens (tertiary/aromatic N) is 4. The number of aryl methyl sites for hydroxylation is 1. The highest BCUT2D eigenvalue weighted by Gasteiger charge is 2.11. The average molecular weight is 416 g/mol. The summed E-state index contributed by atoms with van der Waals surface area (Å²) < 4.78 is 0. The first kappa shape index (κ1) is 20.7. The van der Waals surface area contributed by atoms with Gasteiger partial charge in [-0.25, -0.2) is 9.97 Å². The second-order valence-corrected chi connectivity index (χ2v) is 8.09. The first-order valence-electron chi connectivity index (χ1n) is 10.3. The Bertz CT molecular complexity index is 1200. The van der Waals surface area contributed by atoms with Crippen LogP contribution in [-0.2, 0) is 0 Å². The molecule has 0 atom stereocenters. The van der Waals surface area contributed by atoms with Crippen LogP contribution in [-0.4, -0.2) is 54.1 Å². The summed E-state index contributed by atoms with van der Waals surface area (Å²) in [6.45, 7) is 3.96. The highest BCUT2D eigenvalue weighted by molar-refractivity contribution is 5.96. The van der Waals surface area contributed by atoms with Crippen LogP contribution in [0, 0.1) is 6.92 Å². The SMILES string of the molecule is Cc1cccc2c(-c3ccnc(Nc4ccc(N(C)CCN(C)C)c(N)c4)n3)c[nH]c12. The van der Waals surface area contributed by atoms with Gasteiger partial charge in [0.2, 0.25) is 5.95 Å².